The molecule has 0 aromatic carbocycles. The van der Waals surface area contributed by atoms with E-state index >= 15 is 0 Å². The van der Waals surface area contributed by atoms with E-state index in [9.17, 15) is 0 Å². The summed E-state index contributed by atoms with van der Waals surface area (Å²) in [5, 5.41) is 3.31. The average Bonchev–Trinajstić information content (AvgIpc) is 2.68. The second-order valence-corrected chi connectivity index (χ2v) is 4.19. The summed E-state index contributed by atoms with van der Waals surface area (Å²) in [6, 6.07) is 0. The highest BCUT2D eigenvalue weighted by Crippen LogP contribution is 2.53. The Morgan fingerprint density at radius 2 is 1.73 bits per heavy atom. The summed E-state index contributed by atoms with van der Waals surface area (Å²) in [4.78, 5) is 0. The average molecular weight is 153 g/mol. The van der Waals surface area contributed by atoms with Crippen LogP contribution in [0.15, 0.2) is 0 Å². The van der Waals surface area contributed by atoms with E-state index in [-0.39, 0.29) is 0 Å². The molecule has 0 bridgehead atoms. The van der Waals surface area contributed by atoms with Crippen LogP contribution in [-0.2, 0) is 0 Å². The molecule has 11 heavy (non-hydrogen) atoms. The van der Waals surface area contributed by atoms with Crippen LogP contribution < -0.4 is 5.32 Å². The van der Waals surface area contributed by atoms with Crippen molar-refractivity contribution < 1.29 is 0 Å². The third-order valence-corrected chi connectivity index (χ3v) is 3.52. The SMILES string of the molecule is CNCC1C2CCCCC[C@H]21. The predicted octanol–water partition coefficient (Wildman–Crippen LogP) is 2.03. The molecule has 1 N–H and O–H groups in total. The summed E-state index contributed by atoms with van der Waals surface area (Å²) < 4.78 is 0. The van der Waals surface area contributed by atoms with Gasteiger partial charge in [-0.1, -0.05) is 19.3 Å². The van der Waals surface area contributed by atoms with Crippen molar-refractivity contribution in [2.24, 2.45) is 17.8 Å². The van der Waals surface area contributed by atoms with Gasteiger partial charge in [-0.3, -0.25) is 0 Å². The van der Waals surface area contributed by atoms with Gasteiger partial charge in [-0.2, -0.15) is 0 Å². The van der Waals surface area contributed by atoms with Gasteiger partial charge in [0.2, 0.25) is 0 Å². The van der Waals surface area contributed by atoms with Gasteiger partial charge in [0.15, 0.2) is 0 Å². The van der Waals surface area contributed by atoms with Crippen LogP contribution in [0, 0.1) is 17.8 Å². The maximum atomic E-state index is 3.31. The van der Waals surface area contributed by atoms with Crippen LogP contribution in [0.4, 0.5) is 0 Å². The largest absolute Gasteiger partial charge is 0.319 e. The summed E-state index contributed by atoms with van der Waals surface area (Å²) in [5.41, 5.74) is 0. The van der Waals surface area contributed by atoms with Crippen molar-refractivity contribution in [3.63, 3.8) is 0 Å². The fourth-order valence-corrected chi connectivity index (χ4v) is 2.86. The summed E-state index contributed by atoms with van der Waals surface area (Å²) in [6.07, 6.45) is 7.55. The molecule has 0 aromatic heterocycles. The van der Waals surface area contributed by atoms with Gasteiger partial charge in [-0.15, -0.1) is 0 Å². The van der Waals surface area contributed by atoms with E-state index in [1.165, 1.54) is 38.6 Å². The molecule has 3 atom stereocenters. The third-order valence-electron chi connectivity index (χ3n) is 3.52. The predicted molar refractivity (Wildman–Crippen MR) is 47.5 cm³/mol. The number of hydrogen-bond acceptors (Lipinski definition) is 1. The van der Waals surface area contributed by atoms with Crippen molar-refractivity contribution in [1.82, 2.24) is 5.32 Å². The zero-order valence-electron chi connectivity index (χ0n) is 7.47. The lowest BCUT2D eigenvalue weighted by atomic mass is 10.1. The highest BCUT2D eigenvalue weighted by molar-refractivity contribution is 4.98. The summed E-state index contributed by atoms with van der Waals surface area (Å²) >= 11 is 0. The molecule has 2 saturated carbocycles. The quantitative estimate of drug-likeness (QED) is 0.640. The van der Waals surface area contributed by atoms with Crippen LogP contribution in [0.2, 0.25) is 0 Å². The summed E-state index contributed by atoms with van der Waals surface area (Å²) in [6.45, 7) is 1.27. The van der Waals surface area contributed by atoms with Gasteiger partial charge >= 0.3 is 0 Å². The van der Waals surface area contributed by atoms with E-state index in [0.29, 0.717) is 0 Å². The maximum absolute atomic E-state index is 3.31. The zero-order valence-corrected chi connectivity index (χ0v) is 7.47. The minimum Gasteiger partial charge on any atom is -0.319 e. The molecule has 1 heteroatoms. The topological polar surface area (TPSA) is 12.0 Å². The van der Waals surface area contributed by atoms with Crippen molar-refractivity contribution in [3.05, 3.63) is 0 Å². The number of rotatable bonds is 2. The second-order valence-electron chi connectivity index (χ2n) is 4.19. The van der Waals surface area contributed by atoms with Gasteiger partial charge in [0.25, 0.3) is 0 Å². The van der Waals surface area contributed by atoms with E-state index in [1.54, 1.807) is 0 Å². The first-order valence-corrected chi connectivity index (χ1v) is 5.08. The highest BCUT2D eigenvalue weighted by Gasteiger charge is 2.48. The minimum absolute atomic E-state index is 1.06. The monoisotopic (exact) mass is 153 g/mol. The molecule has 2 aliphatic rings. The van der Waals surface area contributed by atoms with Gasteiger partial charge in [0, 0.05) is 0 Å². The molecular formula is C10H19N. The fourth-order valence-electron chi connectivity index (χ4n) is 2.86. The van der Waals surface area contributed by atoms with Crippen LogP contribution in [-0.4, -0.2) is 13.6 Å². The number of fused-ring (bicyclic) bond motifs is 1. The first-order valence-electron chi connectivity index (χ1n) is 5.08. The van der Waals surface area contributed by atoms with Crippen LogP contribution in [0.5, 0.6) is 0 Å². The molecule has 1 nitrogen and oxygen atoms in total. The van der Waals surface area contributed by atoms with E-state index in [2.05, 4.69) is 12.4 Å². The lowest BCUT2D eigenvalue weighted by Gasteiger charge is -2.00. The summed E-state index contributed by atoms with van der Waals surface area (Å²) in [7, 11) is 2.08. The fraction of sp³-hybridized carbons (Fsp3) is 1.00. The van der Waals surface area contributed by atoms with Crippen LogP contribution in [0.25, 0.3) is 0 Å². The van der Waals surface area contributed by atoms with E-state index in [4.69, 9.17) is 0 Å². The molecule has 2 unspecified atom stereocenters. The van der Waals surface area contributed by atoms with Gasteiger partial charge in [0.05, 0.1) is 0 Å². The summed E-state index contributed by atoms with van der Waals surface area (Å²) in [5.74, 6) is 3.29. The molecule has 0 spiro atoms. The van der Waals surface area contributed by atoms with Crippen molar-refractivity contribution in [2.75, 3.05) is 13.6 Å². The Kier molecular flexibility index (Phi) is 2.17. The Bertz CT molecular complexity index is 114. The number of hydrogen-bond donors (Lipinski definition) is 1. The minimum atomic E-state index is 1.06. The van der Waals surface area contributed by atoms with Crippen molar-refractivity contribution >= 4 is 0 Å². The molecule has 0 radical (unpaired) electrons. The van der Waals surface area contributed by atoms with Crippen LogP contribution >= 0.6 is 0 Å². The Balaban J connectivity index is 1.82. The van der Waals surface area contributed by atoms with E-state index in [1.807, 2.05) is 0 Å². The first-order chi connectivity index (χ1) is 5.43. The molecule has 64 valence electrons. The van der Waals surface area contributed by atoms with Crippen molar-refractivity contribution in [3.8, 4) is 0 Å². The van der Waals surface area contributed by atoms with Gasteiger partial charge in [0.1, 0.15) is 0 Å². The molecule has 0 heterocycles. The Morgan fingerprint density at radius 3 is 2.27 bits per heavy atom. The molecule has 0 saturated heterocycles. The zero-order chi connectivity index (χ0) is 7.68. The molecule has 2 rings (SSSR count). The lowest BCUT2D eigenvalue weighted by molar-refractivity contribution is 0.550. The molecular weight excluding hydrogens is 134 g/mol. The first kappa shape index (κ1) is 7.60. The molecule has 0 aliphatic heterocycles. The third kappa shape index (κ3) is 1.44. The van der Waals surface area contributed by atoms with Gasteiger partial charge < -0.3 is 5.32 Å². The highest BCUT2D eigenvalue weighted by atomic mass is 14.8. The Hall–Kier alpha value is -0.0400. The molecule has 2 fully saturated rings. The van der Waals surface area contributed by atoms with Crippen molar-refractivity contribution in [1.29, 1.82) is 0 Å². The Morgan fingerprint density at radius 1 is 1.09 bits per heavy atom. The van der Waals surface area contributed by atoms with Gasteiger partial charge in [-0.05, 0) is 44.2 Å². The number of nitrogens with one attached hydrogen (secondary N) is 1. The second kappa shape index (κ2) is 3.14. The van der Waals surface area contributed by atoms with Crippen LogP contribution in [0.3, 0.4) is 0 Å². The standard InChI is InChI=1S/C10H19N/c1-11-7-10-8-5-3-2-4-6-9(8)10/h8-11H,2-7H2,1H3/t8-,9?,10?/m1/s1. The normalized spacial score (nSPS) is 42.8. The molecule has 0 amide bonds. The van der Waals surface area contributed by atoms with Crippen LogP contribution in [0.1, 0.15) is 32.1 Å². The van der Waals surface area contributed by atoms with E-state index in [0.717, 1.165) is 17.8 Å². The molecule has 0 aromatic rings. The van der Waals surface area contributed by atoms with E-state index < -0.39 is 0 Å². The maximum Gasteiger partial charge on any atom is -0.00180 e. The van der Waals surface area contributed by atoms with Crippen molar-refractivity contribution in [2.45, 2.75) is 32.1 Å². The Labute approximate surface area is 69.6 Å². The smallest absolute Gasteiger partial charge is 0.00180 e. The molecule has 2 aliphatic carbocycles. The lowest BCUT2D eigenvalue weighted by Crippen LogP contribution is -2.11. The van der Waals surface area contributed by atoms with Gasteiger partial charge in [-0.25, -0.2) is 0 Å².